The first-order chi connectivity index (χ1) is 12.1. The minimum absolute atomic E-state index is 0.0355. The molecule has 3 rings (SSSR count). The lowest BCUT2D eigenvalue weighted by Crippen LogP contribution is -2.52. The Balaban J connectivity index is 1.68. The van der Waals surface area contributed by atoms with Crippen LogP contribution < -0.4 is 0 Å². The molecule has 0 unspecified atom stereocenters. The van der Waals surface area contributed by atoms with Crippen molar-refractivity contribution in [2.45, 2.75) is 63.1 Å². The van der Waals surface area contributed by atoms with Crippen LogP contribution >= 0.6 is 0 Å². The molecule has 2 aliphatic rings. The minimum Gasteiger partial charge on any atom is -0.326 e. The number of amides is 1. The first-order valence-electron chi connectivity index (χ1n) is 9.21. The highest BCUT2D eigenvalue weighted by Crippen LogP contribution is 2.33. The molecule has 2 fully saturated rings. The second-order valence-electron chi connectivity index (χ2n) is 7.38. The third-order valence-electron chi connectivity index (χ3n) is 5.64. The van der Waals surface area contributed by atoms with Crippen molar-refractivity contribution < 1.29 is 9.18 Å². The molecule has 4 nitrogen and oxygen atoms in total. The molecule has 1 aromatic rings. The number of nitrogens with zero attached hydrogens (tertiary/aromatic N) is 3. The molecule has 1 amide bonds. The van der Waals surface area contributed by atoms with Crippen molar-refractivity contribution in [3.63, 3.8) is 0 Å². The fraction of sp³-hybridized carbons (Fsp3) is 0.600. The fourth-order valence-corrected chi connectivity index (χ4v) is 3.78. The lowest BCUT2D eigenvalue weighted by Gasteiger charge is -2.40. The number of benzene rings is 1. The van der Waals surface area contributed by atoms with Crippen molar-refractivity contribution in [3.8, 4) is 6.07 Å². The van der Waals surface area contributed by atoms with Crippen molar-refractivity contribution in [2.75, 3.05) is 13.6 Å². The fourth-order valence-electron chi connectivity index (χ4n) is 3.78. The Morgan fingerprint density at radius 2 is 1.96 bits per heavy atom. The predicted octanol–water partition coefficient (Wildman–Crippen LogP) is 3.47. The van der Waals surface area contributed by atoms with E-state index < -0.39 is 5.54 Å². The van der Waals surface area contributed by atoms with E-state index in [-0.39, 0.29) is 18.3 Å². The average Bonchev–Trinajstić information content (AvgIpc) is 3.48. The number of halogens is 1. The van der Waals surface area contributed by atoms with Gasteiger partial charge in [0.15, 0.2) is 0 Å². The second-order valence-corrected chi connectivity index (χ2v) is 7.38. The van der Waals surface area contributed by atoms with Gasteiger partial charge in [-0.2, -0.15) is 5.26 Å². The molecule has 1 aromatic carbocycles. The van der Waals surface area contributed by atoms with Gasteiger partial charge in [0.05, 0.1) is 12.6 Å². The molecular weight excluding hydrogens is 317 g/mol. The Morgan fingerprint density at radius 1 is 1.28 bits per heavy atom. The first-order valence-corrected chi connectivity index (χ1v) is 9.21. The summed E-state index contributed by atoms with van der Waals surface area (Å²) < 4.78 is 14.0. The van der Waals surface area contributed by atoms with E-state index in [0.717, 1.165) is 44.9 Å². The molecule has 2 saturated carbocycles. The van der Waals surface area contributed by atoms with Crippen LogP contribution in [-0.2, 0) is 11.3 Å². The summed E-state index contributed by atoms with van der Waals surface area (Å²) in [7, 11) is 1.76. The molecule has 2 aliphatic carbocycles. The highest BCUT2D eigenvalue weighted by atomic mass is 19.1. The van der Waals surface area contributed by atoms with Crippen molar-refractivity contribution >= 4 is 5.91 Å². The van der Waals surface area contributed by atoms with Crippen LogP contribution in [0.25, 0.3) is 0 Å². The van der Waals surface area contributed by atoms with Crippen LogP contribution in [-0.4, -0.2) is 40.9 Å². The van der Waals surface area contributed by atoms with Crippen LogP contribution in [0.2, 0.25) is 0 Å². The van der Waals surface area contributed by atoms with Gasteiger partial charge in [-0.15, -0.1) is 0 Å². The van der Waals surface area contributed by atoms with Crippen molar-refractivity contribution in [1.82, 2.24) is 9.80 Å². The normalized spacial score (nSPS) is 19.4. The Labute approximate surface area is 149 Å². The Hall–Kier alpha value is -1.93. The largest absolute Gasteiger partial charge is 0.326 e. The molecular formula is C20H26FN3O. The lowest BCUT2D eigenvalue weighted by molar-refractivity contribution is -0.136. The summed E-state index contributed by atoms with van der Waals surface area (Å²) >= 11 is 0. The third kappa shape index (κ3) is 4.01. The second kappa shape index (κ2) is 7.53. The Kier molecular flexibility index (Phi) is 5.39. The van der Waals surface area contributed by atoms with E-state index in [1.807, 2.05) is 6.07 Å². The predicted molar refractivity (Wildman–Crippen MR) is 94.0 cm³/mol. The van der Waals surface area contributed by atoms with Gasteiger partial charge in [0.2, 0.25) is 5.91 Å². The van der Waals surface area contributed by atoms with Gasteiger partial charge in [-0.3, -0.25) is 9.69 Å². The molecule has 0 spiro atoms. The van der Waals surface area contributed by atoms with Crippen LogP contribution in [0.4, 0.5) is 4.39 Å². The van der Waals surface area contributed by atoms with Gasteiger partial charge in [-0.1, -0.05) is 37.5 Å². The number of carbonyl (C=O) groups is 1. The maximum absolute atomic E-state index is 14.0. The molecule has 5 heteroatoms. The molecule has 0 radical (unpaired) electrons. The zero-order valence-electron chi connectivity index (χ0n) is 14.9. The zero-order chi connectivity index (χ0) is 17.9. The maximum Gasteiger partial charge on any atom is 0.237 e. The first kappa shape index (κ1) is 17.9. The summed E-state index contributed by atoms with van der Waals surface area (Å²) in [4.78, 5) is 16.6. The van der Waals surface area contributed by atoms with Crippen LogP contribution in [0.3, 0.4) is 0 Å². The third-order valence-corrected chi connectivity index (χ3v) is 5.64. The number of rotatable bonds is 6. The SMILES string of the molecule is CN(C(=O)CN(Cc1ccccc1F)C1CC1)C1(C#N)CCCCC1. The van der Waals surface area contributed by atoms with Crippen molar-refractivity contribution in [1.29, 1.82) is 5.26 Å². The van der Waals surface area contributed by atoms with E-state index in [2.05, 4.69) is 11.0 Å². The topological polar surface area (TPSA) is 47.3 Å². The molecule has 0 heterocycles. The highest BCUT2D eigenvalue weighted by Gasteiger charge is 2.40. The maximum atomic E-state index is 14.0. The number of nitriles is 1. The van der Waals surface area contributed by atoms with Crippen LogP contribution in [0.1, 0.15) is 50.5 Å². The Bertz CT molecular complexity index is 659. The molecule has 0 aromatic heterocycles. The number of likely N-dealkylation sites (N-methyl/N-ethyl adjacent to an activating group) is 1. The molecule has 0 saturated heterocycles. The van der Waals surface area contributed by atoms with E-state index in [4.69, 9.17) is 0 Å². The summed E-state index contributed by atoms with van der Waals surface area (Å²) in [5, 5.41) is 9.68. The summed E-state index contributed by atoms with van der Waals surface area (Å²) in [5.74, 6) is -0.263. The average molecular weight is 343 g/mol. The van der Waals surface area contributed by atoms with Crippen LogP contribution in [0, 0.1) is 17.1 Å². The van der Waals surface area contributed by atoms with Gasteiger partial charge < -0.3 is 4.90 Å². The lowest BCUT2D eigenvalue weighted by atomic mass is 9.81. The van der Waals surface area contributed by atoms with Crippen LogP contribution in [0.15, 0.2) is 24.3 Å². The number of hydrogen-bond acceptors (Lipinski definition) is 3. The summed E-state index contributed by atoms with van der Waals surface area (Å²) in [6, 6.07) is 9.49. The van der Waals surface area contributed by atoms with Gasteiger partial charge in [0.25, 0.3) is 0 Å². The van der Waals surface area contributed by atoms with Crippen molar-refractivity contribution in [3.05, 3.63) is 35.6 Å². The van der Waals surface area contributed by atoms with Gasteiger partial charge in [0, 0.05) is 25.2 Å². The van der Waals surface area contributed by atoms with E-state index >= 15 is 0 Å². The molecule has 0 aliphatic heterocycles. The quantitative estimate of drug-likeness (QED) is 0.794. The van der Waals surface area contributed by atoms with Crippen molar-refractivity contribution in [2.24, 2.45) is 0 Å². The minimum atomic E-state index is -0.664. The van der Waals surface area contributed by atoms with Gasteiger partial charge in [0.1, 0.15) is 11.4 Å². The monoisotopic (exact) mass is 343 g/mol. The van der Waals surface area contributed by atoms with E-state index in [1.165, 1.54) is 6.07 Å². The molecule has 0 atom stereocenters. The summed E-state index contributed by atoms with van der Waals surface area (Å²) in [6.45, 7) is 0.690. The smallest absolute Gasteiger partial charge is 0.237 e. The zero-order valence-corrected chi connectivity index (χ0v) is 14.9. The Morgan fingerprint density at radius 3 is 2.56 bits per heavy atom. The van der Waals surface area contributed by atoms with Gasteiger partial charge in [-0.25, -0.2) is 4.39 Å². The standard InChI is InChI=1S/C20H26FN3O/c1-23(20(15-22)11-5-2-6-12-20)19(25)14-24(17-9-10-17)13-16-7-3-4-8-18(16)21/h3-4,7-8,17H,2,5-6,9-14H2,1H3. The van der Waals surface area contributed by atoms with Gasteiger partial charge >= 0.3 is 0 Å². The summed E-state index contributed by atoms with van der Waals surface area (Å²) in [5.41, 5.74) is -0.0414. The van der Waals surface area contributed by atoms with E-state index in [1.54, 1.807) is 24.1 Å². The molecule has 0 bridgehead atoms. The molecule has 134 valence electrons. The highest BCUT2D eigenvalue weighted by molar-refractivity contribution is 5.79. The molecule has 0 N–H and O–H groups in total. The van der Waals surface area contributed by atoms with E-state index in [9.17, 15) is 14.4 Å². The number of hydrogen-bond donors (Lipinski definition) is 0. The summed E-state index contributed by atoms with van der Waals surface area (Å²) in [6.07, 6.45) is 6.72. The van der Waals surface area contributed by atoms with E-state index in [0.29, 0.717) is 18.2 Å². The molecule has 25 heavy (non-hydrogen) atoms. The number of carbonyl (C=O) groups excluding carboxylic acids is 1. The van der Waals surface area contributed by atoms with Gasteiger partial charge in [-0.05, 0) is 31.7 Å². The van der Waals surface area contributed by atoms with Crippen LogP contribution in [0.5, 0.6) is 0 Å².